The smallest absolute Gasteiger partial charge is 0.319 e. The summed E-state index contributed by atoms with van der Waals surface area (Å²) in [5.74, 6) is 1.36. The maximum Gasteiger partial charge on any atom is 0.319 e. The van der Waals surface area contributed by atoms with Crippen molar-refractivity contribution in [3.8, 4) is 35.2 Å². The Balaban J connectivity index is 1.08. The SMILES string of the molecule is C#Cc1cccc2cc(O)cc(-c3c(F)cc4c(N5CC6CCC(C5)N6)nc(OCC5(CN6CCC7(CC6)CC(O)C7)CC5)nc4c3F)c12. The molecular weight excluding hydrogens is 624 g/mol. The minimum absolute atomic E-state index is 0.00509. The number of aromatic nitrogens is 2. The third-order valence-electron chi connectivity index (χ3n) is 12.0. The summed E-state index contributed by atoms with van der Waals surface area (Å²) < 4.78 is 39.6. The topological polar surface area (TPSA) is 94.0 Å². The van der Waals surface area contributed by atoms with Gasteiger partial charge in [-0.2, -0.15) is 9.97 Å². The Kier molecular flexibility index (Phi) is 7.28. The minimum Gasteiger partial charge on any atom is -0.508 e. The molecule has 0 radical (unpaired) electrons. The van der Waals surface area contributed by atoms with Gasteiger partial charge in [0.15, 0.2) is 5.82 Å². The van der Waals surface area contributed by atoms with E-state index in [0.717, 1.165) is 71.0 Å². The molecule has 2 unspecified atom stereocenters. The molecule has 2 saturated carbocycles. The van der Waals surface area contributed by atoms with E-state index in [1.165, 1.54) is 18.2 Å². The van der Waals surface area contributed by atoms with Crippen LogP contribution in [0.15, 0.2) is 36.4 Å². The first-order valence-electron chi connectivity index (χ1n) is 17.7. The molecule has 1 spiro atoms. The second kappa shape index (κ2) is 11.5. The van der Waals surface area contributed by atoms with Crippen molar-refractivity contribution < 1.29 is 23.7 Å². The van der Waals surface area contributed by atoms with Crippen LogP contribution < -0.4 is 15.0 Å². The molecule has 2 bridgehead atoms. The van der Waals surface area contributed by atoms with Crippen LogP contribution in [0.5, 0.6) is 11.8 Å². The molecule has 0 amide bonds. The quantitative estimate of drug-likeness (QED) is 0.215. The number of nitrogens with zero attached hydrogens (tertiary/aromatic N) is 4. The zero-order valence-corrected chi connectivity index (χ0v) is 27.5. The number of aromatic hydroxyl groups is 1. The number of hydrogen-bond donors (Lipinski definition) is 3. The Bertz CT molecular complexity index is 2000. The highest BCUT2D eigenvalue weighted by atomic mass is 19.1. The lowest BCUT2D eigenvalue weighted by Gasteiger charge is -2.51. The number of fused-ring (bicyclic) bond motifs is 4. The average molecular weight is 666 g/mol. The third-order valence-corrected chi connectivity index (χ3v) is 12.0. The van der Waals surface area contributed by atoms with Crippen molar-refractivity contribution in [3.05, 3.63) is 53.6 Å². The summed E-state index contributed by atoms with van der Waals surface area (Å²) in [5, 5.41) is 25.5. The number of nitrogens with one attached hydrogen (secondary N) is 1. The van der Waals surface area contributed by atoms with E-state index in [9.17, 15) is 10.2 Å². The van der Waals surface area contributed by atoms with Crippen LogP contribution in [0.3, 0.4) is 0 Å². The lowest BCUT2D eigenvalue weighted by Crippen LogP contribution is -2.51. The van der Waals surface area contributed by atoms with Crippen molar-refractivity contribution in [1.82, 2.24) is 20.2 Å². The van der Waals surface area contributed by atoms with Gasteiger partial charge in [-0.25, -0.2) is 8.78 Å². The maximum absolute atomic E-state index is 16.9. The molecule has 49 heavy (non-hydrogen) atoms. The predicted octanol–water partition coefficient (Wildman–Crippen LogP) is 5.75. The van der Waals surface area contributed by atoms with Gasteiger partial charge in [0.05, 0.1) is 18.3 Å². The molecule has 4 heterocycles. The van der Waals surface area contributed by atoms with E-state index in [1.54, 1.807) is 18.2 Å². The van der Waals surface area contributed by atoms with E-state index in [2.05, 4.69) is 26.0 Å². The number of piperazine rings is 1. The Morgan fingerprint density at radius 3 is 2.47 bits per heavy atom. The molecule has 5 fully saturated rings. The molecule has 5 aliphatic rings. The normalized spacial score (nSPS) is 24.3. The summed E-state index contributed by atoms with van der Waals surface area (Å²) in [6.45, 7) is 4.76. The average Bonchev–Trinajstić information content (AvgIpc) is 3.76. The fourth-order valence-corrected chi connectivity index (χ4v) is 9.16. The fourth-order valence-electron chi connectivity index (χ4n) is 9.16. The number of phenols is 1. The molecule has 10 heteroatoms. The number of benzene rings is 3. The molecule has 3 aromatic carbocycles. The van der Waals surface area contributed by atoms with E-state index in [-0.39, 0.29) is 52.0 Å². The van der Waals surface area contributed by atoms with E-state index >= 15 is 8.78 Å². The zero-order valence-electron chi connectivity index (χ0n) is 27.5. The monoisotopic (exact) mass is 665 g/mol. The largest absolute Gasteiger partial charge is 0.508 e. The van der Waals surface area contributed by atoms with Gasteiger partial charge in [0, 0.05) is 59.0 Å². The van der Waals surface area contributed by atoms with Gasteiger partial charge < -0.3 is 30.1 Å². The summed E-state index contributed by atoms with van der Waals surface area (Å²) in [6.07, 6.45) is 14.0. The third kappa shape index (κ3) is 5.47. The van der Waals surface area contributed by atoms with Crippen LogP contribution in [0, 0.1) is 34.8 Å². The van der Waals surface area contributed by atoms with Gasteiger partial charge in [-0.05, 0) is 99.5 Å². The highest BCUT2D eigenvalue weighted by Gasteiger charge is 2.49. The number of aliphatic hydroxyl groups excluding tert-OH is 1. The first kappa shape index (κ1) is 31.0. The van der Waals surface area contributed by atoms with Crippen LogP contribution in [0.2, 0.25) is 0 Å². The van der Waals surface area contributed by atoms with Gasteiger partial charge in [0.1, 0.15) is 22.9 Å². The predicted molar refractivity (Wildman–Crippen MR) is 185 cm³/mol. The van der Waals surface area contributed by atoms with Crippen molar-refractivity contribution in [3.63, 3.8) is 0 Å². The number of terminal acetylenes is 1. The number of halogens is 2. The number of phenolic OH excluding ortho intramolecular Hbond substituents is 1. The summed E-state index contributed by atoms with van der Waals surface area (Å²) in [6, 6.07) is 10.1. The van der Waals surface area contributed by atoms with Gasteiger partial charge in [0.25, 0.3) is 0 Å². The Morgan fingerprint density at radius 2 is 1.78 bits per heavy atom. The highest BCUT2D eigenvalue weighted by Crippen LogP contribution is 2.51. The van der Waals surface area contributed by atoms with Crippen LogP contribution >= 0.6 is 0 Å². The van der Waals surface area contributed by atoms with Gasteiger partial charge in [-0.3, -0.25) is 0 Å². The zero-order chi connectivity index (χ0) is 33.5. The van der Waals surface area contributed by atoms with Crippen LogP contribution in [-0.2, 0) is 0 Å². The number of anilines is 1. The molecule has 254 valence electrons. The van der Waals surface area contributed by atoms with Gasteiger partial charge in [-0.15, -0.1) is 6.42 Å². The summed E-state index contributed by atoms with van der Waals surface area (Å²) >= 11 is 0. The molecule has 2 atom stereocenters. The number of ether oxygens (including phenoxy) is 1. The molecule has 3 N–H and O–H groups in total. The van der Waals surface area contributed by atoms with Crippen molar-refractivity contribution in [2.75, 3.05) is 44.2 Å². The number of hydrogen-bond acceptors (Lipinski definition) is 8. The van der Waals surface area contributed by atoms with Crippen molar-refractivity contribution in [1.29, 1.82) is 0 Å². The van der Waals surface area contributed by atoms with Gasteiger partial charge >= 0.3 is 6.01 Å². The number of piperidine rings is 1. The molecule has 3 aliphatic heterocycles. The molecule has 9 rings (SSSR count). The lowest BCUT2D eigenvalue weighted by atomic mass is 9.61. The Labute approximate surface area is 284 Å². The van der Waals surface area contributed by atoms with E-state index in [1.807, 2.05) is 0 Å². The van der Waals surface area contributed by atoms with Crippen LogP contribution in [0.1, 0.15) is 56.9 Å². The minimum atomic E-state index is -0.843. The molecular formula is C39H41F2N5O3. The molecule has 8 nitrogen and oxygen atoms in total. The summed E-state index contributed by atoms with van der Waals surface area (Å²) in [4.78, 5) is 14.1. The van der Waals surface area contributed by atoms with E-state index in [4.69, 9.17) is 16.1 Å². The van der Waals surface area contributed by atoms with Crippen molar-refractivity contribution in [2.45, 2.75) is 69.6 Å². The fraction of sp³-hybridized carbons (Fsp3) is 0.487. The van der Waals surface area contributed by atoms with Crippen LogP contribution in [0.4, 0.5) is 14.6 Å². The van der Waals surface area contributed by atoms with E-state index < -0.39 is 11.6 Å². The van der Waals surface area contributed by atoms with Crippen LogP contribution in [0.25, 0.3) is 32.8 Å². The van der Waals surface area contributed by atoms with Crippen molar-refractivity contribution in [2.24, 2.45) is 10.8 Å². The Morgan fingerprint density at radius 1 is 1.02 bits per heavy atom. The van der Waals surface area contributed by atoms with Gasteiger partial charge in [0.2, 0.25) is 0 Å². The van der Waals surface area contributed by atoms with Crippen LogP contribution in [-0.4, -0.2) is 82.6 Å². The highest BCUT2D eigenvalue weighted by molar-refractivity contribution is 6.04. The van der Waals surface area contributed by atoms with Crippen molar-refractivity contribution >= 4 is 27.5 Å². The maximum atomic E-state index is 16.9. The first-order chi connectivity index (χ1) is 23.7. The number of likely N-dealkylation sites (tertiary alicyclic amines) is 1. The summed E-state index contributed by atoms with van der Waals surface area (Å²) in [7, 11) is 0. The standard InChI is InChI=1S/C39H41F2N5O3/c1-2-23-4-3-5-24-14-27(47)15-29(32(23)24)33-31(40)16-30-35(34(33)41)43-37(44-36(30)46-19-25-6-7-26(20-46)42-25)49-22-39(8-9-39)21-45-12-10-38(11-13-45)17-28(48)18-38/h1,3-5,14-16,25-26,28,42,47-48H,6-13,17-22H2. The number of aliphatic hydroxyl groups is 1. The number of rotatable bonds is 7. The molecule has 3 saturated heterocycles. The second-order valence-electron chi connectivity index (χ2n) is 15.5. The molecule has 2 aliphatic carbocycles. The Hall–Kier alpha value is -4.04. The summed E-state index contributed by atoms with van der Waals surface area (Å²) in [5.41, 5.74) is 0.643. The molecule has 1 aromatic heterocycles. The second-order valence-corrected chi connectivity index (χ2v) is 15.5. The van der Waals surface area contributed by atoms with E-state index in [0.29, 0.717) is 52.7 Å². The lowest BCUT2D eigenvalue weighted by molar-refractivity contribution is -0.0706. The molecule has 4 aromatic rings. The first-order valence-corrected chi connectivity index (χ1v) is 17.7. The van der Waals surface area contributed by atoms with Gasteiger partial charge in [-0.1, -0.05) is 18.1 Å².